The molecule has 0 aliphatic carbocycles. The fraction of sp³-hybridized carbons (Fsp3) is 0.647. The Balaban J connectivity index is 2.22. The van der Waals surface area contributed by atoms with Crippen molar-refractivity contribution in [1.82, 2.24) is 0 Å². The number of benzene rings is 1. The van der Waals surface area contributed by atoms with Gasteiger partial charge in [0, 0.05) is 12.2 Å². The Bertz CT molecular complexity index is 1090. The zero-order valence-corrected chi connectivity index (χ0v) is 28.7. The Kier molecular flexibility index (Phi) is 17.1. The van der Waals surface area contributed by atoms with E-state index in [-0.39, 0.29) is 43.2 Å². The lowest BCUT2D eigenvalue weighted by Crippen LogP contribution is -2.39. The van der Waals surface area contributed by atoms with Crippen LogP contribution in [-0.4, -0.2) is 50.9 Å². The summed E-state index contributed by atoms with van der Waals surface area (Å²) in [4.78, 5) is 25.7. The summed E-state index contributed by atoms with van der Waals surface area (Å²) in [5.41, 5.74) is -0.705. The fourth-order valence-electron chi connectivity index (χ4n) is 5.55. The normalized spacial score (nSPS) is 20.5. The molecule has 5 atom stereocenters. The van der Waals surface area contributed by atoms with Crippen LogP contribution < -0.4 is 0 Å². The molecule has 2 rings (SSSR count). The van der Waals surface area contributed by atoms with Crippen molar-refractivity contribution in [3.8, 4) is 6.07 Å². The van der Waals surface area contributed by atoms with Gasteiger partial charge in [-0.15, -0.1) is 23.5 Å². The third kappa shape index (κ3) is 14.3. The number of allylic oxidation sites excluding steroid dienone is 1. The smallest absolute Gasteiger partial charge is 0.311 e. The Labute approximate surface area is 272 Å². The van der Waals surface area contributed by atoms with E-state index in [2.05, 4.69) is 37.3 Å². The lowest BCUT2D eigenvalue weighted by Gasteiger charge is -2.37. The number of thioether (sulfide) groups is 2. The molecule has 43 heavy (non-hydrogen) atoms. The minimum atomic E-state index is -0.975. The highest BCUT2D eigenvalue weighted by atomic mass is 32.2. The largest absolute Gasteiger partial charge is 0.463 e. The average molecular weight is 648 g/mol. The van der Waals surface area contributed by atoms with Crippen LogP contribution in [0.4, 0.5) is 0 Å². The quantitative estimate of drug-likeness (QED) is 0.0957. The second-order valence-corrected chi connectivity index (χ2v) is 15.4. The monoisotopic (exact) mass is 647 g/mol. The van der Waals surface area contributed by atoms with E-state index in [0.717, 1.165) is 52.7 Å². The van der Waals surface area contributed by atoms with E-state index in [9.17, 15) is 20.0 Å². The molecule has 0 bridgehead atoms. The minimum Gasteiger partial charge on any atom is -0.463 e. The zero-order chi connectivity index (χ0) is 31.7. The number of ether oxygens (including phenoxy) is 2. The number of thiocarbonyl (C=S) groups is 1. The molecule has 0 saturated carbocycles. The number of aliphatic hydroxyl groups is 1. The maximum absolute atomic E-state index is 13.9. The molecule has 1 saturated heterocycles. The Morgan fingerprint density at radius 2 is 1.98 bits per heavy atom. The van der Waals surface area contributed by atoms with Gasteiger partial charge >= 0.3 is 5.97 Å². The first-order valence-electron chi connectivity index (χ1n) is 15.4. The highest BCUT2D eigenvalue weighted by Gasteiger charge is 2.44. The maximum atomic E-state index is 13.9. The van der Waals surface area contributed by atoms with Gasteiger partial charge < -0.3 is 19.4 Å². The second-order valence-electron chi connectivity index (χ2n) is 12.1. The summed E-state index contributed by atoms with van der Waals surface area (Å²) in [5.74, 6) is 1.59. The topological polar surface area (TPSA) is 96.6 Å². The van der Waals surface area contributed by atoms with Gasteiger partial charge in [0.2, 0.25) is 0 Å². The summed E-state index contributed by atoms with van der Waals surface area (Å²) < 4.78 is 12.4. The number of rotatable bonds is 18. The summed E-state index contributed by atoms with van der Waals surface area (Å²) in [7, 11) is 0. The predicted octanol–water partition coefficient (Wildman–Crippen LogP) is 8.38. The SMILES string of the molecule is CCCSC(=S)SC/C=C/CCC(CC(C)(CC(C)(C#N)CCC(C)=O)C(=O)OCC1CCCC(O)O1)c1ccccc1. The van der Waals surface area contributed by atoms with Gasteiger partial charge in [-0.05, 0) is 95.8 Å². The molecule has 0 radical (unpaired) electrons. The zero-order valence-electron chi connectivity index (χ0n) is 26.2. The first kappa shape index (κ1) is 37.5. The molecule has 0 amide bonds. The third-order valence-corrected chi connectivity index (χ3v) is 10.7. The molecule has 1 heterocycles. The van der Waals surface area contributed by atoms with E-state index < -0.39 is 17.1 Å². The van der Waals surface area contributed by atoms with Crippen molar-refractivity contribution >= 4 is 51.0 Å². The van der Waals surface area contributed by atoms with Crippen LogP contribution in [0, 0.1) is 22.2 Å². The molecule has 1 aliphatic heterocycles. The van der Waals surface area contributed by atoms with E-state index in [1.54, 1.807) is 23.5 Å². The number of carbonyl (C=O) groups excluding carboxylic acids is 2. The molecule has 238 valence electrons. The van der Waals surface area contributed by atoms with Crippen LogP contribution in [0.25, 0.3) is 0 Å². The molecule has 1 fully saturated rings. The van der Waals surface area contributed by atoms with Gasteiger partial charge in [-0.1, -0.05) is 61.6 Å². The van der Waals surface area contributed by atoms with Gasteiger partial charge in [0.05, 0.1) is 23.0 Å². The van der Waals surface area contributed by atoms with E-state index in [1.165, 1.54) is 6.92 Å². The van der Waals surface area contributed by atoms with Gasteiger partial charge in [0.1, 0.15) is 15.9 Å². The summed E-state index contributed by atoms with van der Waals surface area (Å²) >= 11 is 8.84. The predicted molar refractivity (Wildman–Crippen MR) is 182 cm³/mol. The van der Waals surface area contributed by atoms with Gasteiger partial charge in [0.15, 0.2) is 6.29 Å². The van der Waals surface area contributed by atoms with Crippen molar-refractivity contribution < 1.29 is 24.2 Å². The Morgan fingerprint density at radius 1 is 1.23 bits per heavy atom. The molecule has 1 aromatic carbocycles. The molecular weight excluding hydrogens is 599 g/mol. The van der Waals surface area contributed by atoms with Crippen molar-refractivity contribution in [3.05, 3.63) is 48.0 Å². The first-order valence-corrected chi connectivity index (χ1v) is 17.8. The number of esters is 1. The standard InChI is InChI=1S/C34H49NO5S3/c1-5-20-42-32(41)43-21-11-7-10-15-28(27-13-8-6-9-14-27)22-34(4,24-33(3,25-35)19-18-26(2)36)31(38)39-23-29-16-12-17-30(37)40-29/h6-9,11,13-14,28-30,37H,5,10,12,15-24H2,1-4H3/b11-7+. The molecule has 9 heteroatoms. The van der Waals surface area contributed by atoms with Crippen LogP contribution in [-0.2, 0) is 19.1 Å². The highest BCUT2D eigenvalue weighted by molar-refractivity contribution is 8.47. The van der Waals surface area contributed by atoms with E-state index >= 15 is 0 Å². The van der Waals surface area contributed by atoms with Crippen molar-refractivity contribution in [3.63, 3.8) is 0 Å². The molecule has 1 aliphatic rings. The Hall–Kier alpha value is -1.70. The third-order valence-electron chi connectivity index (χ3n) is 7.84. The minimum absolute atomic E-state index is 0.0237. The van der Waals surface area contributed by atoms with Gasteiger partial charge in [-0.3, -0.25) is 4.79 Å². The maximum Gasteiger partial charge on any atom is 0.311 e. The number of nitrogens with zero attached hydrogens (tertiary/aromatic N) is 1. The van der Waals surface area contributed by atoms with Crippen LogP contribution in [0.5, 0.6) is 0 Å². The molecule has 0 aromatic heterocycles. The summed E-state index contributed by atoms with van der Waals surface area (Å²) in [6, 6.07) is 12.6. The number of hydrogen-bond acceptors (Lipinski definition) is 9. The van der Waals surface area contributed by atoms with Crippen molar-refractivity contribution in [1.29, 1.82) is 5.26 Å². The molecule has 5 unspecified atom stereocenters. The molecular formula is C34H49NO5S3. The van der Waals surface area contributed by atoms with Crippen LogP contribution in [0.2, 0.25) is 0 Å². The van der Waals surface area contributed by atoms with Crippen LogP contribution in [0.1, 0.15) is 103 Å². The van der Waals surface area contributed by atoms with E-state index in [0.29, 0.717) is 19.3 Å². The van der Waals surface area contributed by atoms with Gasteiger partial charge in [-0.25, -0.2) is 0 Å². The highest BCUT2D eigenvalue weighted by Crippen LogP contribution is 2.45. The van der Waals surface area contributed by atoms with E-state index in [4.69, 9.17) is 21.7 Å². The van der Waals surface area contributed by atoms with Crippen LogP contribution in [0.15, 0.2) is 42.5 Å². The fourth-order valence-corrected chi connectivity index (χ4v) is 7.53. The first-order chi connectivity index (χ1) is 20.5. The number of hydrogen-bond donors (Lipinski definition) is 1. The lowest BCUT2D eigenvalue weighted by atomic mass is 9.66. The van der Waals surface area contributed by atoms with Crippen molar-refractivity contribution in [2.45, 2.75) is 110 Å². The Morgan fingerprint density at radius 3 is 2.63 bits per heavy atom. The number of ketones is 1. The van der Waals surface area contributed by atoms with Crippen molar-refractivity contribution in [2.75, 3.05) is 18.1 Å². The summed E-state index contributed by atoms with van der Waals surface area (Å²) in [6.07, 6.45) is 9.49. The lowest BCUT2D eigenvalue weighted by molar-refractivity contribution is -0.188. The number of Topliss-reactive ketones (excluding diaryl/α,β-unsaturated/α-hetero) is 1. The van der Waals surface area contributed by atoms with Gasteiger partial charge in [-0.2, -0.15) is 5.26 Å². The number of carbonyl (C=O) groups is 2. The summed E-state index contributed by atoms with van der Waals surface area (Å²) in [5, 5.41) is 20.1. The number of aliphatic hydroxyl groups excluding tert-OH is 1. The van der Waals surface area contributed by atoms with E-state index in [1.807, 2.05) is 32.0 Å². The van der Waals surface area contributed by atoms with Crippen LogP contribution >= 0.6 is 35.7 Å². The molecule has 0 spiro atoms. The van der Waals surface area contributed by atoms with Gasteiger partial charge in [0.25, 0.3) is 0 Å². The molecule has 1 N–H and O–H groups in total. The molecule has 6 nitrogen and oxygen atoms in total. The van der Waals surface area contributed by atoms with Crippen molar-refractivity contribution in [2.24, 2.45) is 10.8 Å². The molecule has 1 aromatic rings. The number of nitriles is 1. The summed E-state index contributed by atoms with van der Waals surface area (Å²) in [6.45, 7) is 7.48. The van der Waals surface area contributed by atoms with Crippen LogP contribution in [0.3, 0.4) is 0 Å². The average Bonchev–Trinajstić information content (AvgIpc) is 2.99. The second kappa shape index (κ2) is 19.6.